The summed E-state index contributed by atoms with van der Waals surface area (Å²) in [4.78, 5) is 0. The van der Waals surface area contributed by atoms with Gasteiger partial charge in [-0.15, -0.1) is 0 Å². The molecule has 24 heavy (non-hydrogen) atoms. The highest BCUT2D eigenvalue weighted by atomic mass is 16.5. The molecule has 2 heteroatoms. The van der Waals surface area contributed by atoms with Gasteiger partial charge in [-0.3, -0.25) is 0 Å². The second-order valence-electron chi connectivity index (χ2n) is 6.54. The standard InChI is InChI=1S/C22H36O2/c1-3-5-7-9-11-13-19-23-21-15-17-22(18-16-21)24-20-14-12-10-8-6-4-2/h15,18H,3-14,19-20H2,1-2H3. The second-order valence-corrected chi connectivity index (χ2v) is 6.54. The van der Waals surface area contributed by atoms with Gasteiger partial charge in [0.15, 0.2) is 11.5 Å². The fourth-order valence-corrected chi connectivity index (χ4v) is 2.65. The van der Waals surface area contributed by atoms with Crippen molar-refractivity contribution in [3.05, 3.63) is 35.1 Å². The molecule has 0 fully saturated rings. The molecular formula is C22H36O2. The van der Waals surface area contributed by atoms with Gasteiger partial charge in [-0.05, 0) is 12.8 Å². The summed E-state index contributed by atoms with van der Waals surface area (Å²) in [7, 11) is 0. The van der Waals surface area contributed by atoms with Crippen molar-refractivity contribution in [3.63, 3.8) is 0 Å². The van der Waals surface area contributed by atoms with Crippen molar-refractivity contribution < 1.29 is 9.47 Å². The van der Waals surface area contributed by atoms with Crippen LogP contribution in [-0.2, 0) is 9.47 Å². The van der Waals surface area contributed by atoms with Gasteiger partial charge in [-0.25, -0.2) is 0 Å². The minimum Gasteiger partial charge on any atom is -0.485 e. The number of hydrogen-bond acceptors (Lipinski definition) is 2. The van der Waals surface area contributed by atoms with Gasteiger partial charge in [0.2, 0.25) is 0 Å². The maximum absolute atomic E-state index is 5.71. The van der Waals surface area contributed by atoms with Crippen molar-refractivity contribution in [2.75, 3.05) is 13.2 Å². The summed E-state index contributed by atoms with van der Waals surface area (Å²) in [5, 5.41) is 0. The topological polar surface area (TPSA) is 18.5 Å². The maximum atomic E-state index is 5.71. The van der Waals surface area contributed by atoms with Crippen LogP contribution in [0, 0.1) is 0 Å². The van der Waals surface area contributed by atoms with Crippen LogP contribution in [0.3, 0.4) is 0 Å². The molecule has 0 N–H and O–H groups in total. The third-order valence-corrected chi connectivity index (χ3v) is 4.20. The average molecular weight is 333 g/mol. The second kappa shape index (κ2) is 15.2. The summed E-state index contributed by atoms with van der Waals surface area (Å²) < 4.78 is 11.4. The Bertz CT molecular complexity index is 393. The zero-order chi connectivity index (χ0) is 17.3. The molecule has 1 aliphatic rings. The lowest BCUT2D eigenvalue weighted by Gasteiger charge is -2.08. The van der Waals surface area contributed by atoms with Crippen LogP contribution >= 0.6 is 0 Å². The van der Waals surface area contributed by atoms with Crippen molar-refractivity contribution in [2.24, 2.45) is 0 Å². The molecule has 0 aromatic rings. The summed E-state index contributed by atoms with van der Waals surface area (Å²) >= 11 is 0. The molecule has 0 aliphatic heterocycles. The molecule has 0 heterocycles. The van der Waals surface area contributed by atoms with Crippen LogP contribution in [0.5, 0.6) is 0 Å². The quantitative estimate of drug-likeness (QED) is 0.228. The Morgan fingerprint density at radius 3 is 1.33 bits per heavy atom. The van der Waals surface area contributed by atoms with Gasteiger partial charge >= 0.3 is 0 Å². The van der Waals surface area contributed by atoms with Crippen LogP contribution in [-0.4, -0.2) is 13.2 Å². The van der Waals surface area contributed by atoms with E-state index in [1.807, 2.05) is 12.2 Å². The van der Waals surface area contributed by atoms with E-state index in [0.29, 0.717) is 0 Å². The number of ether oxygens (including phenoxy) is 2. The normalized spacial score (nSPS) is 12.9. The molecule has 1 rings (SSSR count). The van der Waals surface area contributed by atoms with E-state index in [-0.39, 0.29) is 0 Å². The molecule has 0 saturated carbocycles. The van der Waals surface area contributed by atoms with E-state index in [4.69, 9.17) is 9.47 Å². The average Bonchev–Trinajstić information content (AvgIpc) is 2.61. The molecule has 0 saturated heterocycles. The Hall–Kier alpha value is -1.36. The minimum atomic E-state index is 0.772. The van der Waals surface area contributed by atoms with E-state index in [0.717, 1.165) is 37.6 Å². The van der Waals surface area contributed by atoms with Crippen molar-refractivity contribution in [3.8, 4) is 0 Å². The third-order valence-electron chi connectivity index (χ3n) is 4.20. The first-order valence-electron chi connectivity index (χ1n) is 10.1. The number of rotatable bonds is 16. The van der Waals surface area contributed by atoms with Gasteiger partial charge in [0, 0.05) is 12.2 Å². The van der Waals surface area contributed by atoms with E-state index >= 15 is 0 Å². The Labute approximate surface area is 149 Å². The monoisotopic (exact) mass is 332 g/mol. The maximum Gasteiger partial charge on any atom is 0.170 e. The van der Waals surface area contributed by atoms with Gasteiger partial charge in [-0.2, -0.15) is 0 Å². The van der Waals surface area contributed by atoms with Crippen molar-refractivity contribution >= 4 is 0 Å². The largest absolute Gasteiger partial charge is 0.485 e. The Balaban J connectivity index is 2.02. The molecule has 0 aromatic heterocycles. The van der Waals surface area contributed by atoms with Crippen LogP contribution in [0.25, 0.3) is 0 Å². The highest BCUT2D eigenvalue weighted by molar-refractivity contribution is 5.24. The third kappa shape index (κ3) is 11.2. The van der Waals surface area contributed by atoms with Gasteiger partial charge < -0.3 is 9.47 Å². The molecule has 136 valence electrons. The molecule has 0 spiro atoms. The van der Waals surface area contributed by atoms with E-state index < -0.39 is 0 Å². The SMILES string of the molecule is CCCCCCCCOC1=C=CC(OCCCCCCCC)=C=C1. The van der Waals surface area contributed by atoms with Crippen molar-refractivity contribution in [1.82, 2.24) is 0 Å². The van der Waals surface area contributed by atoms with E-state index in [9.17, 15) is 0 Å². The highest BCUT2D eigenvalue weighted by Gasteiger charge is 2.00. The zero-order valence-electron chi connectivity index (χ0n) is 15.9. The molecule has 0 amide bonds. The Morgan fingerprint density at radius 2 is 0.958 bits per heavy atom. The molecule has 0 atom stereocenters. The summed E-state index contributed by atoms with van der Waals surface area (Å²) in [6, 6.07) is 0. The molecule has 0 aromatic carbocycles. The zero-order valence-corrected chi connectivity index (χ0v) is 15.9. The van der Waals surface area contributed by atoms with Gasteiger partial charge in [0.1, 0.15) is 0 Å². The highest BCUT2D eigenvalue weighted by Crippen LogP contribution is 2.11. The minimum absolute atomic E-state index is 0.772. The van der Waals surface area contributed by atoms with Crippen LogP contribution in [0.15, 0.2) is 35.1 Å². The number of hydrogen-bond donors (Lipinski definition) is 0. The lowest BCUT2D eigenvalue weighted by Crippen LogP contribution is -1.96. The molecule has 0 bridgehead atoms. The molecule has 1 aliphatic carbocycles. The van der Waals surface area contributed by atoms with Crippen LogP contribution < -0.4 is 0 Å². The lowest BCUT2D eigenvalue weighted by atomic mass is 10.1. The van der Waals surface area contributed by atoms with E-state index in [1.54, 1.807) is 0 Å². The Kier molecular flexibility index (Phi) is 13.1. The fourth-order valence-electron chi connectivity index (χ4n) is 2.65. The first kappa shape index (κ1) is 20.7. The van der Waals surface area contributed by atoms with Gasteiger partial charge in [0.05, 0.1) is 13.2 Å². The summed E-state index contributed by atoms with van der Waals surface area (Å²) in [6.07, 6.45) is 19.1. The van der Waals surface area contributed by atoms with E-state index in [1.165, 1.54) is 64.2 Å². The molecular weight excluding hydrogens is 296 g/mol. The summed E-state index contributed by atoms with van der Waals surface area (Å²) in [5.41, 5.74) is 6.28. The van der Waals surface area contributed by atoms with Gasteiger partial charge in [-0.1, -0.05) is 89.5 Å². The van der Waals surface area contributed by atoms with Crippen molar-refractivity contribution in [1.29, 1.82) is 0 Å². The Morgan fingerprint density at radius 1 is 0.583 bits per heavy atom. The first-order valence-corrected chi connectivity index (χ1v) is 10.1. The molecule has 0 radical (unpaired) electrons. The summed E-state index contributed by atoms with van der Waals surface area (Å²) in [6.45, 7) is 6.04. The molecule has 2 nitrogen and oxygen atoms in total. The lowest BCUT2D eigenvalue weighted by molar-refractivity contribution is 0.209. The van der Waals surface area contributed by atoms with Crippen LogP contribution in [0.2, 0.25) is 0 Å². The predicted octanol–water partition coefficient (Wildman–Crippen LogP) is 6.83. The molecule has 0 unspecified atom stereocenters. The summed E-state index contributed by atoms with van der Waals surface area (Å²) in [5.74, 6) is 1.55. The smallest absolute Gasteiger partial charge is 0.170 e. The predicted molar refractivity (Wildman–Crippen MR) is 102 cm³/mol. The van der Waals surface area contributed by atoms with Crippen molar-refractivity contribution in [2.45, 2.75) is 90.9 Å². The van der Waals surface area contributed by atoms with E-state index in [2.05, 4.69) is 25.3 Å². The first-order chi connectivity index (χ1) is 11.9. The number of unbranched alkanes of at least 4 members (excludes halogenated alkanes) is 10. The van der Waals surface area contributed by atoms with Crippen LogP contribution in [0.1, 0.15) is 90.9 Å². The fraction of sp³-hybridized carbons (Fsp3) is 0.727. The van der Waals surface area contributed by atoms with Crippen LogP contribution in [0.4, 0.5) is 0 Å². The van der Waals surface area contributed by atoms with Gasteiger partial charge in [0.25, 0.3) is 0 Å².